The minimum absolute atomic E-state index is 0.373. The minimum atomic E-state index is 0.373. The number of anilines is 1. The van der Waals surface area contributed by atoms with Gasteiger partial charge in [0, 0.05) is 6.07 Å². The van der Waals surface area contributed by atoms with Gasteiger partial charge in [-0.2, -0.15) is 0 Å². The van der Waals surface area contributed by atoms with Crippen molar-refractivity contribution in [3.8, 4) is 0 Å². The molecule has 15 heavy (non-hydrogen) atoms. The van der Waals surface area contributed by atoms with Crippen LogP contribution in [0.5, 0.6) is 0 Å². The van der Waals surface area contributed by atoms with E-state index in [1.54, 1.807) is 12.1 Å². The fraction of sp³-hybridized carbons (Fsp3) is 0.222. The number of rotatable bonds is 3. The fourth-order valence-corrected chi connectivity index (χ4v) is 1.19. The molecule has 0 aliphatic heterocycles. The van der Waals surface area contributed by atoms with Crippen LogP contribution in [0.3, 0.4) is 0 Å². The molecule has 0 atom stereocenters. The molecule has 78 valence electrons. The summed E-state index contributed by atoms with van der Waals surface area (Å²) in [7, 11) is 0. The third-order valence-electron chi connectivity index (χ3n) is 1.76. The number of aryl methyl sites for hydroxylation is 1. The summed E-state index contributed by atoms with van der Waals surface area (Å²) in [6.07, 6.45) is 0. The molecule has 2 aromatic heterocycles. The maximum atomic E-state index is 5.60. The summed E-state index contributed by atoms with van der Waals surface area (Å²) in [4.78, 5) is 0. The Morgan fingerprint density at radius 2 is 2.27 bits per heavy atom. The third kappa shape index (κ3) is 2.66. The smallest absolute Gasteiger partial charge is 0.151 e. The van der Waals surface area contributed by atoms with E-state index in [-0.39, 0.29) is 0 Å². The van der Waals surface area contributed by atoms with Crippen LogP contribution in [0.2, 0.25) is 5.15 Å². The number of halogens is 1. The molecule has 0 aromatic carbocycles. The van der Waals surface area contributed by atoms with Crippen LogP contribution < -0.4 is 5.32 Å². The van der Waals surface area contributed by atoms with E-state index in [0.717, 1.165) is 11.5 Å². The molecule has 2 aromatic rings. The van der Waals surface area contributed by atoms with E-state index < -0.39 is 0 Å². The van der Waals surface area contributed by atoms with E-state index in [1.165, 1.54) is 0 Å². The number of aromatic nitrogens is 3. The van der Waals surface area contributed by atoms with Crippen molar-refractivity contribution in [1.29, 1.82) is 0 Å². The van der Waals surface area contributed by atoms with Gasteiger partial charge in [0.25, 0.3) is 0 Å². The standard InChI is InChI=1S/C9H9ClN4O/c1-6-4-7(14-15-6)5-11-9-3-2-8(10)12-13-9/h2-4H,5H2,1H3,(H,11,13). The molecule has 1 N–H and O–H groups in total. The van der Waals surface area contributed by atoms with E-state index in [9.17, 15) is 0 Å². The van der Waals surface area contributed by atoms with Crippen LogP contribution in [0.4, 0.5) is 5.82 Å². The van der Waals surface area contributed by atoms with Gasteiger partial charge in [-0.05, 0) is 19.1 Å². The average Bonchev–Trinajstić information content (AvgIpc) is 2.64. The van der Waals surface area contributed by atoms with Gasteiger partial charge in [-0.15, -0.1) is 10.2 Å². The van der Waals surface area contributed by atoms with Crippen molar-refractivity contribution in [2.24, 2.45) is 0 Å². The molecule has 0 saturated carbocycles. The summed E-state index contributed by atoms with van der Waals surface area (Å²) in [6, 6.07) is 5.28. The summed E-state index contributed by atoms with van der Waals surface area (Å²) >= 11 is 5.60. The minimum Gasteiger partial charge on any atom is -0.363 e. The van der Waals surface area contributed by atoms with E-state index in [0.29, 0.717) is 17.5 Å². The molecule has 0 fully saturated rings. The zero-order valence-electron chi connectivity index (χ0n) is 8.07. The SMILES string of the molecule is Cc1cc(CNc2ccc(Cl)nn2)no1. The Hall–Kier alpha value is -1.62. The van der Waals surface area contributed by atoms with Gasteiger partial charge in [0.15, 0.2) is 5.15 Å². The van der Waals surface area contributed by atoms with Crippen molar-refractivity contribution in [3.05, 3.63) is 34.8 Å². The van der Waals surface area contributed by atoms with E-state index in [4.69, 9.17) is 16.1 Å². The van der Waals surface area contributed by atoms with Gasteiger partial charge in [-0.25, -0.2) is 0 Å². The Bertz CT molecular complexity index is 440. The Balaban J connectivity index is 1.96. The van der Waals surface area contributed by atoms with Gasteiger partial charge in [0.2, 0.25) is 0 Å². The van der Waals surface area contributed by atoms with Gasteiger partial charge < -0.3 is 9.84 Å². The first-order valence-electron chi connectivity index (χ1n) is 4.39. The molecular formula is C9H9ClN4O. The van der Waals surface area contributed by atoms with Crippen molar-refractivity contribution in [2.45, 2.75) is 13.5 Å². The number of nitrogens with zero attached hydrogens (tertiary/aromatic N) is 3. The van der Waals surface area contributed by atoms with Gasteiger partial charge in [-0.1, -0.05) is 16.8 Å². The van der Waals surface area contributed by atoms with Crippen molar-refractivity contribution >= 4 is 17.4 Å². The molecule has 2 rings (SSSR count). The lowest BCUT2D eigenvalue weighted by atomic mass is 10.4. The lowest BCUT2D eigenvalue weighted by molar-refractivity contribution is 0.391. The van der Waals surface area contributed by atoms with Crippen molar-refractivity contribution in [2.75, 3.05) is 5.32 Å². The molecule has 0 amide bonds. The molecule has 6 heteroatoms. The molecule has 0 aliphatic carbocycles. The summed E-state index contributed by atoms with van der Waals surface area (Å²) in [5.74, 6) is 1.44. The van der Waals surface area contributed by atoms with Crippen molar-refractivity contribution in [1.82, 2.24) is 15.4 Å². The zero-order valence-corrected chi connectivity index (χ0v) is 8.82. The first-order chi connectivity index (χ1) is 7.24. The molecule has 0 aliphatic rings. The normalized spacial score (nSPS) is 10.3. The second-order valence-electron chi connectivity index (χ2n) is 3.02. The highest BCUT2D eigenvalue weighted by Crippen LogP contribution is 2.08. The molecule has 0 bridgehead atoms. The lowest BCUT2D eigenvalue weighted by Gasteiger charge is -2.00. The fourth-order valence-electron chi connectivity index (χ4n) is 1.09. The van der Waals surface area contributed by atoms with Crippen molar-refractivity contribution in [3.63, 3.8) is 0 Å². The molecule has 0 saturated heterocycles. The predicted molar refractivity (Wildman–Crippen MR) is 55.6 cm³/mol. The first-order valence-corrected chi connectivity index (χ1v) is 4.77. The Morgan fingerprint density at radius 1 is 1.40 bits per heavy atom. The number of hydrogen-bond donors (Lipinski definition) is 1. The average molecular weight is 225 g/mol. The monoisotopic (exact) mass is 224 g/mol. The third-order valence-corrected chi connectivity index (χ3v) is 1.96. The van der Waals surface area contributed by atoms with Crippen molar-refractivity contribution < 1.29 is 4.52 Å². The number of nitrogens with one attached hydrogen (secondary N) is 1. The molecule has 2 heterocycles. The van der Waals surface area contributed by atoms with Crippen LogP contribution in [-0.2, 0) is 6.54 Å². The van der Waals surface area contributed by atoms with Crippen LogP contribution in [-0.4, -0.2) is 15.4 Å². The highest BCUT2D eigenvalue weighted by molar-refractivity contribution is 6.29. The highest BCUT2D eigenvalue weighted by atomic mass is 35.5. The second kappa shape index (κ2) is 4.27. The van der Waals surface area contributed by atoms with Crippen LogP contribution >= 0.6 is 11.6 Å². The Labute approximate surface area is 91.4 Å². The summed E-state index contributed by atoms with van der Waals surface area (Å²) in [5, 5.41) is 14.8. The molecular weight excluding hydrogens is 216 g/mol. The van der Waals surface area contributed by atoms with Crippen LogP contribution in [0.1, 0.15) is 11.5 Å². The molecule has 0 unspecified atom stereocenters. The maximum Gasteiger partial charge on any atom is 0.151 e. The Morgan fingerprint density at radius 3 is 2.87 bits per heavy atom. The maximum absolute atomic E-state index is 5.60. The number of hydrogen-bond acceptors (Lipinski definition) is 5. The second-order valence-corrected chi connectivity index (χ2v) is 3.41. The highest BCUT2D eigenvalue weighted by Gasteiger charge is 2.00. The lowest BCUT2D eigenvalue weighted by Crippen LogP contribution is -2.02. The molecule has 5 nitrogen and oxygen atoms in total. The van der Waals surface area contributed by atoms with Crippen LogP contribution in [0.15, 0.2) is 22.7 Å². The summed E-state index contributed by atoms with van der Waals surface area (Å²) in [5.41, 5.74) is 0.823. The van der Waals surface area contributed by atoms with E-state index in [1.807, 2.05) is 13.0 Å². The van der Waals surface area contributed by atoms with Gasteiger partial charge in [0.1, 0.15) is 17.3 Å². The molecule has 0 spiro atoms. The zero-order chi connectivity index (χ0) is 10.7. The van der Waals surface area contributed by atoms with Crippen LogP contribution in [0.25, 0.3) is 0 Å². The van der Waals surface area contributed by atoms with E-state index >= 15 is 0 Å². The van der Waals surface area contributed by atoms with Crippen LogP contribution in [0, 0.1) is 6.92 Å². The largest absolute Gasteiger partial charge is 0.363 e. The first kappa shape index (κ1) is 9.92. The molecule has 0 radical (unpaired) electrons. The van der Waals surface area contributed by atoms with Gasteiger partial charge >= 0.3 is 0 Å². The van der Waals surface area contributed by atoms with Gasteiger partial charge in [0.05, 0.1) is 6.54 Å². The van der Waals surface area contributed by atoms with Gasteiger partial charge in [-0.3, -0.25) is 0 Å². The topological polar surface area (TPSA) is 63.8 Å². The Kier molecular flexibility index (Phi) is 2.82. The summed E-state index contributed by atoms with van der Waals surface area (Å²) in [6.45, 7) is 2.40. The summed E-state index contributed by atoms with van der Waals surface area (Å²) < 4.78 is 4.92. The predicted octanol–water partition coefficient (Wildman–Crippen LogP) is 2.04. The quantitative estimate of drug-likeness (QED) is 0.864. The van der Waals surface area contributed by atoms with E-state index in [2.05, 4.69) is 20.7 Å².